The van der Waals surface area contributed by atoms with Crippen molar-refractivity contribution in [3.05, 3.63) is 89.2 Å². The van der Waals surface area contributed by atoms with E-state index in [1.165, 1.54) is 12.1 Å². The normalized spacial score (nSPS) is 11.3. The molecule has 0 aliphatic rings. The van der Waals surface area contributed by atoms with Crippen LogP contribution < -0.4 is 10.0 Å². The van der Waals surface area contributed by atoms with Gasteiger partial charge in [-0.25, -0.2) is 17.8 Å². The summed E-state index contributed by atoms with van der Waals surface area (Å²) in [7, 11) is -3.69. The number of anilines is 2. The Bertz CT molecular complexity index is 1460. The number of nitrogens with zero attached hydrogens (tertiary/aromatic N) is 1. The van der Waals surface area contributed by atoms with Crippen LogP contribution in [0.5, 0.6) is 0 Å². The number of sulfonamides is 1. The van der Waals surface area contributed by atoms with Crippen LogP contribution in [0.15, 0.2) is 72.8 Å². The minimum absolute atomic E-state index is 0.225. The van der Waals surface area contributed by atoms with Gasteiger partial charge >= 0.3 is 0 Å². The number of nitrogens with one attached hydrogen (secondary N) is 2. The third kappa shape index (κ3) is 4.71. The zero-order chi connectivity index (χ0) is 22.9. The number of rotatable bonds is 5. The molecule has 162 valence electrons. The van der Waals surface area contributed by atoms with E-state index in [9.17, 15) is 17.6 Å². The Morgan fingerprint density at radius 3 is 2.47 bits per heavy atom. The first kappa shape index (κ1) is 21.7. The second-order valence-electron chi connectivity index (χ2n) is 7.08. The van der Waals surface area contributed by atoms with Gasteiger partial charge < -0.3 is 5.32 Å². The van der Waals surface area contributed by atoms with Gasteiger partial charge in [-0.3, -0.25) is 9.52 Å². The molecule has 0 atom stereocenters. The summed E-state index contributed by atoms with van der Waals surface area (Å²) >= 11 is 6.32. The molecule has 0 saturated carbocycles. The second kappa shape index (κ2) is 8.57. The highest BCUT2D eigenvalue weighted by Gasteiger charge is 2.16. The Morgan fingerprint density at radius 1 is 1.00 bits per heavy atom. The van der Waals surface area contributed by atoms with E-state index in [4.69, 9.17) is 11.6 Å². The maximum atomic E-state index is 14.0. The van der Waals surface area contributed by atoms with Gasteiger partial charge in [0.15, 0.2) is 0 Å². The largest absolute Gasteiger partial charge is 0.322 e. The lowest BCUT2D eigenvalue weighted by atomic mass is 10.0. The number of hydrogen-bond acceptors (Lipinski definition) is 4. The van der Waals surface area contributed by atoms with Crippen LogP contribution in [0.2, 0.25) is 5.02 Å². The van der Waals surface area contributed by atoms with Crippen molar-refractivity contribution in [3.8, 4) is 11.3 Å². The molecule has 0 radical (unpaired) electrons. The van der Waals surface area contributed by atoms with E-state index in [2.05, 4.69) is 15.0 Å². The lowest BCUT2D eigenvalue weighted by molar-refractivity contribution is 0.102. The molecule has 1 aromatic heterocycles. The summed E-state index contributed by atoms with van der Waals surface area (Å²) in [5.41, 5.74) is 2.11. The van der Waals surface area contributed by atoms with Crippen molar-refractivity contribution in [1.82, 2.24) is 4.98 Å². The van der Waals surface area contributed by atoms with Gasteiger partial charge in [-0.1, -0.05) is 48.0 Å². The molecule has 0 aliphatic carbocycles. The van der Waals surface area contributed by atoms with Crippen LogP contribution in [-0.4, -0.2) is 25.6 Å². The molecule has 0 fully saturated rings. The summed E-state index contributed by atoms with van der Waals surface area (Å²) in [5.74, 6) is -1.22. The van der Waals surface area contributed by atoms with Crippen LogP contribution in [0.3, 0.4) is 0 Å². The van der Waals surface area contributed by atoms with Crippen molar-refractivity contribution in [1.29, 1.82) is 0 Å². The van der Waals surface area contributed by atoms with Gasteiger partial charge in [0.05, 0.1) is 28.7 Å². The second-order valence-corrected chi connectivity index (χ2v) is 9.23. The number of carbonyl (C=O) groups is 1. The third-order valence-corrected chi connectivity index (χ3v) is 5.55. The molecule has 1 heterocycles. The molecule has 32 heavy (non-hydrogen) atoms. The first-order valence-electron chi connectivity index (χ1n) is 9.45. The molecule has 2 N–H and O–H groups in total. The van der Waals surface area contributed by atoms with Crippen molar-refractivity contribution in [2.45, 2.75) is 0 Å². The van der Waals surface area contributed by atoms with E-state index in [1.54, 1.807) is 36.4 Å². The Kier molecular flexibility index (Phi) is 5.82. The molecule has 1 amide bonds. The van der Waals surface area contributed by atoms with Crippen molar-refractivity contribution < 1.29 is 17.6 Å². The van der Waals surface area contributed by atoms with Gasteiger partial charge in [-0.05, 0) is 36.4 Å². The quantitative estimate of drug-likeness (QED) is 0.414. The molecular formula is C23H17ClFN3O3S. The summed E-state index contributed by atoms with van der Waals surface area (Å²) in [6, 6.07) is 19.6. The molecule has 6 nitrogen and oxygen atoms in total. The average molecular weight is 470 g/mol. The molecule has 0 aliphatic heterocycles. The number of fused-ring (bicyclic) bond motifs is 1. The predicted molar refractivity (Wildman–Crippen MR) is 125 cm³/mol. The zero-order valence-corrected chi connectivity index (χ0v) is 18.3. The number of benzene rings is 3. The minimum Gasteiger partial charge on any atom is -0.322 e. The predicted octanol–water partition coefficient (Wildman–Crippen LogP) is 5.32. The molecule has 4 rings (SSSR count). The van der Waals surface area contributed by atoms with Crippen LogP contribution in [-0.2, 0) is 10.0 Å². The number of amides is 1. The third-order valence-electron chi connectivity index (χ3n) is 4.63. The van der Waals surface area contributed by atoms with E-state index < -0.39 is 21.7 Å². The number of aromatic nitrogens is 1. The Balaban J connectivity index is 1.76. The highest BCUT2D eigenvalue weighted by atomic mass is 35.5. The molecule has 9 heteroatoms. The van der Waals surface area contributed by atoms with E-state index in [1.807, 2.05) is 18.2 Å². The van der Waals surface area contributed by atoms with Crippen molar-refractivity contribution in [2.75, 3.05) is 16.3 Å². The monoisotopic (exact) mass is 469 g/mol. The lowest BCUT2D eigenvalue weighted by Crippen LogP contribution is -2.15. The summed E-state index contributed by atoms with van der Waals surface area (Å²) < 4.78 is 39.0. The summed E-state index contributed by atoms with van der Waals surface area (Å²) in [6.07, 6.45) is 0.914. The van der Waals surface area contributed by atoms with Crippen molar-refractivity contribution >= 4 is 49.8 Å². The Morgan fingerprint density at radius 2 is 1.72 bits per heavy atom. The van der Waals surface area contributed by atoms with E-state index in [-0.39, 0.29) is 11.4 Å². The minimum atomic E-state index is -3.69. The first-order chi connectivity index (χ1) is 15.2. The highest BCUT2D eigenvalue weighted by Crippen LogP contribution is 2.30. The Labute approximate surface area is 189 Å². The summed E-state index contributed by atoms with van der Waals surface area (Å²) in [4.78, 5) is 17.8. The average Bonchev–Trinajstić information content (AvgIpc) is 2.74. The van der Waals surface area contributed by atoms with Gasteiger partial charge in [0.1, 0.15) is 5.82 Å². The van der Waals surface area contributed by atoms with Gasteiger partial charge in [0, 0.05) is 21.7 Å². The highest BCUT2D eigenvalue weighted by molar-refractivity contribution is 7.92. The topological polar surface area (TPSA) is 88.2 Å². The van der Waals surface area contributed by atoms with Crippen LogP contribution >= 0.6 is 11.6 Å². The zero-order valence-electron chi connectivity index (χ0n) is 16.8. The fourth-order valence-electron chi connectivity index (χ4n) is 3.25. The SMILES string of the molecule is CS(=O)(=O)Nc1cc(NC(=O)c2cc(-c3ccccc3Cl)nc3ccccc23)ccc1F. The number of carbonyl (C=O) groups excluding carboxylic acids is 1. The number of para-hydroxylation sites is 1. The van der Waals surface area contributed by atoms with Crippen LogP contribution in [0, 0.1) is 5.82 Å². The number of pyridine rings is 1. The Hall–Kier alpha value is -3.49. The maximum absolute atomic E-state index is 14.0. The van der Waals surface area contributed by atoms with Crippen LogP contribution in [0.25, 0.3) is 22.2 Å². The molecule has 0 bridgehead atoms. The molecule has 0 unspecified atom stereocenters. The molecule has 0 saturated heterocycles. The summed E-state index contributed by atoms with van der Waals surface area (Å²) in [5, 5.41) is 3.82. The maximum Gasteiger partial charge on any atom is 0.256 e. The van der Waals surface area contributed by atoms with Crippen LogP contribution in [0.4, 0.5) is 15.8 Å². The molecule has 3 aromatic carbocycles. The molecule has 4 aromatic rings. The van der Waals surface area contributed by atoms with Gasteiger partial charge in [0.25, 0.3) is 5.91 Å². The van der Waals surface area contributed by atoms with E-state index >= 15 is 0 Å². The fourth-order valence-corrected chi connectivity index (χ4v) is 4.04. The van der Waals surface area contributed by atoms with Crippen LogP contribution in [0.1, 0.15) is 10.4 Å². The fraction of sp³-hybridized carbons (Fsp3) is 0.0435. The van der Waals surface area contributed by atoms with E-state index in [0.29, 0.717) is 32.7 Å². The number of hydrogen-bond donors (Lipinski definition) is 2. The standard InChI is InChI=1S/C23H17ClFN3O3S/c1-32(30,31)28-22-12-14(10-11-19(22)25)26-23(29)17-13-21(16-7-2-4-8-18(16)24)27-20-9-5-3-6-15(17)20/h2-13,28H,1H3,(H,26,29). The number of halogens is 2. The van der Waals surface area contributed by atoms with Gasteiger partial charge in [0.2, 0.25) is 10.0 Å². The van der Waals surface area contributed by atoms with Gasteiger partial charge in [-0.2, -0.15) is 0 Å². The lowest BCUT2D eigenvalue weighted by Gasteiger charge is -2.12. The molecule has 0 spiro atoms. The van der Waals surface area contributed by atoms with Gasteiger partial charge in [-0.15, -0.1) is 0 Å². The first-order valence-corrected chi connectivity index (χ1v) is 11.7. The molecular weight excluding hydrogens is 453 g/mol. The van der Waals surface area contributed by atoms with E-state index in [0.717, 1.165) is 12.3 Å². The summed E-state index contributed by atoms with van der Waals surface area (Å²) in [6.45, 7) is 0. The van der Waals surface area contributed by atoms with Crippen molar-refractivity contribution in [3.63, 3.8) is 0 Å². The van der Waals surface area contributed by atoms with Crippen molar-refractivity contribution in [2.24, 2.45) is 0 Å². The smallest absolute Gasteiger partial charge is 0.256 e.